The molecule has 1 N–H and O–H groups in total. The first-order chi connectivity index (χ1) is 15.3. The molecule has 6 aromatic rings. The molecule has 6 rings (SSSR count). The predicted molar refractivity (Wildman–Crippen MR) is 121 cm³/mol. The second-order valence-electron chi connectivity index (χ2n) is 7.08. The molecule has 0 aliphatic rings. The zero-order valence-electron chi connectivity index (χ0n) is 16.5. The van der Waals surface area contributed by atoms with Gasteiger partial charge in [0, 0.05) is 11.1 Å². The van der Waals surface area contributed by atoms with Crippen molar-refractivity contribution in [1.82, 2.24) is 30.0 Å². The summed E-state index contributed by atoms with van der Waals surface area (Å²) < 4.78 is 7.01. The van der Waals surface area contributed by atoms with Crippen LogP contribution in [0, 0.1) is 0 Å². The number of hydrogen-bond acceptors (Lipinski definition) is 6. The zero-order valence-corrected chi connectivity index (χ0v) is 17.3. The van der Waals surface area contributed by atoms with Gasteiger partial charge >= 0.3 is 0 Å². The summed E-state index contributed by atoms with van der Waals surface area (Å²) in [6, 6.07) is 24.3. The monoisotopic (exact) mass is 424 g/mol. The molecule has 3 aromatic heterocycles. The van der Waals surface area contributed by atoms with Gasteiger partial charge in [0.15, 0.2) is 10.8 Å². The third-order valence-corrected chi connectivity index (χ3v) is 6.12. The highest BCUT2D eigenvalue weighted by atomic mass is 32.1. The normalized spacial score (nSPS) is 11.4. The second-order valence-corrected chi connectivity index (χ2v) is 8.04. The number of aromatic amines is 1. The number of methoxy groups -OCH3 is 1. The Morgan fingerprint density at radius 3 is 2.52 bits per heavy atom. The lowest BCUT2D eigenvalue weighted by atomic mass is 10.1. The zero-order chi connectivity index (χ0) is 20.8. The lowest BCUT2D eigenvalue weighted by Gasteiger charge is -2.01. The predicted octanol–water partition coefficient (Wildman–Crippen LogP) is 5.07. The van der Waals surface area contributed by atoms with Gasteiger partial charge in [-0.25, -0.2) is 0 Å². The Labute approximate surface area is 181 Å². The van der Waals surface area contributed by atoms with Gasteiger partial charge in [-0.15, -0.1) is 10.2 Å². The van der Waals surface area contributed by atoms with E-state index in [2.05, 4.69) is 50.7 Å². The topological polar surface area (TPSA) is 81.0 Å². The van der Waals surface area contributed by atoms with Gasteiger partial charge in [0.25, 0.3) is 0 Å². The smallest absolute Gasteiger partial charge is 0.235 e. The number of H-pyrrole nitrogens is 1. The Morgan fingerprint density at radius 1 is 0.871 bits per heavy atom. The minimum Gasteiger partial charge on any atom is -0.497 e. The molecule has 0 spiro atoms. The largest absolute Gasteiger partial charge is 0.497 e. The highest BCUT2D eigenvalue weighted by Crippen LogP contribution is 2.30. The fraction of sp³-hybridized carbons (Fsp3) is 0.0435. The van der Waals surface area contributed by atoms with Crippen LogP contribution in [0.5, 0.6) is 5.75 Å². The fourth-order valence-corrected chi connectivity index (χ4v) is 4.38. The molecule has 150 valence electrons. The first kappa shape index (κ1) is 17.8. The van der Waals surface area contributed by atoms with E-state index in [9.17, 15) is 0 Å². The Balaban J connectivity index is 1.37. The van der Waals surface area contributed by atoms with Crippen LogP contribution in [0.3, 0.4) is 0 Å². The molecule has 0 radical (unpaired) electrons. The van der Waals surface area contributed by atoms with E-state index in [-0.39, 0.29) is 0 Å². The van der Waals surface area contributed by atoms with Crippen molar-refractivity contribution in [2.75, 3.05) is 7.11 Å². The molecular formula is C23H16N6OS. The number of hydrogen-bond donors (Lipinski definition) is 1. The van der Waals surface area contributed by atoms with Crippen molar-refractivity contribution >= 4 is 27.1 Å². The van der Waals surface area contributed by atoms with Crippen LogP contribution < -0.4 is 4.74 Å². The van der Waals surface area contributed by atoms with Crippen molar-refractivity contribution in [2.45, 2.75) is 0 Å². The number of nitrogens with zero attached hydrogens (tertiary/aromatic N) is 5. The van der Waals surface area contributed by atoms with Crippen LogP contribution in [-0.4, -0.2) is 37.1 Å². The molecule has 0 amide bonds. The molecule has 3 heterocycles. The SMILES string of the molecule is COc1ccc(-c2cc(-c3nn4c(-c5ccc6ccccc6c5)nnc4s3)[nH]n2)cc1. The number of aromatic nitrogens is 6. The number of benzene rings is 3. The number of ether oxygens (including phenoxy) is 1. The minimum absolute atomic E-state index is 0.721. The summed E-state index contributed by atoms with van der Waals surface area (Å²) >= 11 is 1.47. The summed E-state index contributed by atoms with van der Waals surface area (Å²) in [4.78, 5) is 0.735. The highest BCUT2D eigenvalue weighted by Gasteiger charge is 2.16. The van der Waals surface area contributed by atoms with Crippen molar-refractivity contribution in [3.63, 3.8) is 0 Å². The number of fused-ring (bicyclic) bond motifs is 2. The van der Waals surface area contributed by atoms with E-state index in [4.69, 9.17) is 9.84 Å². The van der Waals surface area contributed by atoms with E-state index >= 15 is 0 Å². The van der Waals surface area contributed by atoms with Crippen LogP contribution in [0.15, 0.2) is 72.8 Å². The molecule has 0 fully saturated rings. The lowest BCUT2D eigenvalue weighted by molar-refractivity contribution is 0.415. The summed E-state index contributed by atoms with van der Waals surface area (Å²) in [5.74, 6) is 1.53. The fourth-order valence-electron chi connectivity index (χ4n) is 3.58. The average Bonchev–Trinajstić information content (AvgIpc) is 3.54. The van der Waals surface area contributed by atoms with Crippen molar-refractivity contribution in [2.24, 2.45) is 0 Å². The van der Waals surface area contributed by atoms with E-state index in [1.54, 1.807) is 11.6 Å². The van der Waals surface area contributed by atoms with Crippen LogP contribution in [0.2, 0.25) is 0 Å². The molecule has 8 heteroatoms. The number of rotatable bonds is 4. The van der Waals surface area contributed by atoms with Gasteiger partial charge in [-0.1, -0.05) is 47.7 Å². The summed E-state index contributed by atoms with van der Waals surface area (Å²) in [6.07, 6.45) is 0. The van der Waals surface area contributed by atoms with Crippen molar-refractivity contribution in [3.05, 3.63) is 72.8 Å². The van der Waals surface area contributed by atoms with E-state index in [0.29, 0.717) is 0 Å². The standard InChI is InChI=1S/C23H16N6OS/c1-30-18-10-8-15(9-11-18)19-13-20(25-24-19)22-28-29-21(26-27-23(29)31-22)17-7-6-14-4-2-3-5-16(14)12-17/h2-13H,1H3,(H,24,25). The van der Waals surface area contributed by atoms with Crippen LogP contribution >= 0.6 is 11.3 Å². The van der Waals surface area contributed by atoms with Gasteiger partial charge in [0.2, 0.25) is 4.96 Å². The van der Waals surface area contributed by atoms with Gasteiger partial charge in [0.05, 0.1) is 18.5 Å². The minimum atomic E-state index is 0.721. The van der Waals surface area contributed by atoms with Crippen molar-refractivity contribution in [3.8, 4) is 39.1 Å². The van der Waals surface area contributed by atoms with E-state index in [0.717, 1.165) is 49.4 Å². The molecule has 3 aromatic carbocycles. The van der Waals surface area contributed by atoms with Crippen LogP contribution in [0.25, 0.3) is 49.1 Å². The molecule has 0 atom stereocenters. The molecule has 0 aliphatic carbocycles. The number of nitrogens with one attached hydrogen (secondary N) is 1. The van der Waals surface area contributed by atoms with Gasteiger partial charge in [-0.2, -0.15) is 14.7 Å². The van der Waals surface area contributed by atoms with Gasteiger partial charge < -0.3 is 4.74 Å². The van der Waals surface area contributed by atoms with Crippen LogP contribution in [0.4, 0.5) is 0 Å². The second kappa shape index (κ2) is 7.03. The first-order valence-corrected chi connectivity index (χ1v) is 10.5. The molecule has 0 saturated carbocycles. The van der Waals surface area contributed by atoms with Crippen molar-refractivity contribution in [1.29, 1.82) is 0 Å². The van der Waals surface area contributed by atoms with Crippen molar-refractivity contribution < 1.29 is 4.74 Å². The van der Waals surface area contributed by atoms with Gasteiger partial charge in [0.1, 0.15) is 5.75 Å². The maximum absolute atomic E-state index is 5.22. The molecule has 0 saturated heterocycles. The lowest BCUT2D eigenvalue weighted by Crippen LogP contribution is -1.91. The highest BCUT2D eigenvalue weighted by molar-refractivity contribution is 7.19. The maximum Gasteiger partial charge on any atom is 0.235 e. The molecule has 0 unspecified atom stereocenters. The van der Waals surface area contributed by atoms with E-state index < -0.39 is 0 Å². The van der Waals surface area contributed by atoms with Crippen LogP contribution in [0.1, 0.15) is 0 Å². The molecule has 0 aliphatic heterocycles. The summed E-state index contributed by atoms with van der Waals surface area (Å²) in [7, 11) is 1.65. The third kappa shape index (κ3) is 3.04. The summed E-state index contributed by atoms with van der Waals surface area (Å²) in [5.41, 5.74) is 3.67. The molecular weight excluding hydrogens is 408 g/mol. The molecule has 7 nitrogen and oxygen atoms in total. The Bertz CT molecular complexity index is 1530. The van der Waals surface area contributed by atoms with E-state index in [1.807, 2.05) is 42.5 Å². The van der Waals surface area contributed by atoms with E-state index in [1.165, 1.54) is 16.7 Å². The summed E-state index contributed by atoms with van der Waals surface area (Å²) in [5, 5.41) is 24.1. The van der Waals surface area contributed by atoms with Gasteiger partial charge in [-0.3, -0.25) is 5.10 Å². The Hall–Kier alpha value is -4.04. The third-order valence-electron chi connectivity index (χ3n) is 5.19. The molecule has 0 bridgehead atoms. The maximum atomic E-state index is 5.22. The summed E-state index contributed by atoms with van der Waals surface area (Å²) in [6.45, 7) is 0. The molecule has 31 heavy (non-hydrogen) atoms. The van der Waals surface area contributed by atoms with Gasteiger partial charge in [-0.05, 0) is 47.2 Å². The average molecular weight is 424 g/mol. The quantitative estimate of drug-likeness (QED) is 0.427. The Morgan fingerprint density at radius 2 is 1.68 bits per heavy atom. The first-order valence-electron chi connectivity index (χ1n) is 9.70. The Kier molecular flexibility index (Phi) is 4.03. The van der Waals surface area contributed by atoms with Crippen LogP contribution in [-0.2, 0) is 0 Å².